The molecule has 0 unspecified atom stereocenters. The fourth-order valence-electron chi connectivity index (χ4n) is 2.05. The molecule has 0 atom stereocenters. The summed E-state index contributed by atoms with van der Waals surface area (Å²) in [6.45, 7) is 3.29. The monoisotopic (exact) mass is 258 g/mol. The Morgan fingerprint density at radius 3 is 2.42 bits per heavy atom. The second kappa shape index (κ2) is 4.84. The molecule has 0 spiro atoms. The average molecular weight is 258 g/mol. The molecule has 0 radical (unpaired) electrons. The van der Waals surface area contributed by atoms with Crippen LogP contribution in [0.15, 0.2) is 48.5 Å². The second-order valence-electron chi connectivity index (χ2n) is 4.99. The molecule has 19 heavy (non-hydrogen) atoms. The van der Waals surface area contributed by atoms with Gasteiger partial charge in [-0.15, -0.1) is 0 Å². The lowest BCUT2D eigenvalue weighted by atomic mass is 9.80. The van der Waals surface area contributed by atoms with Crippen LogP contribution in [0, 0.1) is 5.82 Å². The highest BCUT2D eigenvalue weighted by Gasteiger charge is 2.31. The van der Waals surface area contributed by atoms with Crippen LogP contribution in [0.3, 0.4) is 0 Å². The molecule has 98 valence electrons. The summed E-state index contributed by atoms with van der Waals surface area (Å²) in [6, 6.07) is 13.4. The van der Waals surface area contributed by atoms with Gasteiger partial charge in [-0.2, -0.15) is 0 Å². The number of halogens is 1. The van der Waals surface area contributed by atoms with Crippen LogP contribution in [-0.4, -0.2) is 11.1 Å². The van der Waals surface area contributed by atoms with E-state index in [4.69, 9.17) is 0 Å². The van der Waals surface area contributed by atoms with Gasteiger partial charge in [0.15, 0.2) is 0 Å². The highest BCUT2D eigenvalue weighted by Crippen LogP contribution is 2.33. The third kappa shape index (κ3) is 2.50. The Bertz CT molecular complexity index is 618. The summed E-state index contributed by atoms with van der Waals surface area (Å²) < 4.78 is 13.3. The Morgan fingerprint density at radius 2 is 1.79 bits per heavy atom. The second-order valence-corrected chi connectivity index (χ2v) is 4.99. The summed E-state index contributed by atoms with van der Waals surface area (Å²) in [4.78, 5) is 11.4. The lowest BCUT2D eigenvalue weighted by molar-refractivity contribution is -0.142. The van der Waals surface area contributed by atoms with Crippen LogP contribution in [0.5, 0.6) is 0 Å². The number of hydrogen-bond acceptors (Lipinski definition) is 1. The highest BCUT2D eigenvalue weighted by molar-refractivity contribution is 5.84. The van der Waals surface area contributed by atoms with E-state index in [1.807, 2.05) is 12.1 Å². The van der Waals surface area contributed by atoms with Crippen molar-refractivity contribution in [3.05, 3.63) is 59.9 Å². The summed E-state index contributed by atoms with van der Waals surface area (Å²) in [5.41, 5.74) is 1.08. The van der Waals surface area contributed by atoms with Gasteiger partial charge in [0, 0.05) is 0 Å². The maximum atomic E-state index is 13.3. The molecule has 0 heterocycles. The predicted octanol–water partition coefficient (Wildman–Crippen LogP) is 3.85. The summed E-state index contributed by atoms with van der Waals surface area (Å²) in [6.07, 6.45) is 0. The van der Waals surface area contributed by atoms with Gasteiger partial charge in [-0.05, 0) is 42.7 Å². The molecular weight excluding hydrogens is 243 g/mol. The van der Waals surface area contributed by atoms with E-state index in [0.717, 1.165) is 5.56 Å². The van der Waals surface area contributed by atoms with Crippen molar-refractivity contribution in [1.29, 1.82) is 0 Å². The van der Waals surface area contributed by atoms with Gasteiger partial charge >= 0.3 is 5.97 Å². The molecule has 2 aromatic rings. The zero-order chi connectivity index (χ0) is 14.0. The van der Waals surface area contributed by atoms with Crippen LogP contribution < -0.4 is 0 Å². The number of carbonyl (C=O) groups is 1. The summed E-state index contributed by atoms with van der Waals surface area (Å²) >= 11 is 0. The fraction of sp³-hybridized carbons (Fsp3) is 0.188. The zero-order valence-electron chi connectivity index (χ0n) is 10.9. The van der Waals surface area contributed by atoms with Gasteiger partial charge in [-0.1, -0.05) is 36.4 Å². The van der Waals surface area contributed by atoms with Gasteiger partial charge < -0.3 is 5.11 Å². The lowest BCUT2D eigenvalue weighted by Gasteiger charge is -2.23. The summed E-state index contributed by atoms with van der Waals surface area (Å²) in [7, 11) is 0. The van der Waals surface area contributed by atoms with E-state index in [1.165, 1.54) is 12.1 Å². The molecule has 0 fully saturated rings. The Balaban J connectivity index is 2.63. The average Bonchev–Trinajstić information content (AvgIpc) is 2.38. The molecule has 2 aromatic carbocycles. The van der Waals surface area contributed by atoms with Crippen molar-refractivity contribution in [1.82, 2.24) is 0 Å². The Hall–Kier alpha value is -2.16. The lowest BCUT2D eigenvalue weighted by Crippen LogP contribution is -2.29. The minimum atomic E-state index is -1.02. The number of aliphatic carboxylic acids is 1. The molecule has 0 amide bonds. The normalized spacial score (nSPS) is 11.3. The topological polar surface area (TPSA) is 37.3 Å². The smallest absolute Gasteiger partial charge is 0.313 e. The molecule has 0 aliphatic heterocycles. The zero-order valence-corrected chi connectivity index (χ0v) is 10.9. The van der Waals surface area contributed by atoms with E-state index in [0.29, 0.717) is 11.1 Å². The maximum absolute atomic E-state index is 13.3. The Morgan fingerprint density at radius 1 is 1.11 bits per heavy atom. The maximum Gasteiger partial charge on any atom is 0.313 e. The molecular formula is C16H15FO2. The van der Waals surface area contributed by atoms with Crippen LogP contribution in [-0.2, 0) is 10.2 Å². The minimum absolute atomic E-state index is 0.333. The Kier molecular flexibility index (Phi) is 3.38. The number of hydrogen-bond donors (Lipinski definition) is 1. The van der Waals surface area contributed by atoms with E-state index in [-0.39, 0.29) is 5.82 Å². The van der Waals surface area contributed by atoms with E-state index >= 15 is 0 Å². The first-order chi connectivity index (χ1) is 8.93. The standard InChI is InChI=1S/C16H15FO2/c1-16(2,15(18)19)14-9-4-3-8-13(14)11-6-5-7-12(17)10-11/h3-10H,1-2H3,(H,18,19). The van der Waals surface area contributed by atoms with E-state index in [9.17, 15) is 14.3 Å². The van der Waals surface area contributed by atoms with Crippen molar-refractivity contribution in [3.8, 4) is 11.1 Å². The third-order valence-corrected chi connectivity index (χ3v) is 3.27. The quantitative estimate of drug-likeness (QED) is 0.907. The molecule has 0 saturated heterocycles. The van der Waals surface area contributed by atoms with Gasteiger partial charge in [0.1, 0.15) is 5.82 Å². The highest BCUT2D eigenvalue weighted by atomic mass is 19.1. The van der Waals surface area contributed by atoms with Crippen LogP contribution in [0.2, 0.25) is 0 Å². The van der Waals surface area contributed by atoms with Crippen molar-refractivity contribution < 1.29 is 14.3 Å². The molecule has 0 bridgehead atoms. The van der Waals surface area contributed by atoms with Crippen LogP contribution in [0.25, 0.3) is 11.1 Å². The fourth-order valence-corrected chi connectivity index (χ4v) is 2.05. The predicted molar refractivity (Wildman–Crippen MR) is 72.5 cm³/mol. The van der Waals surface area contributed by atoms with E-state index < -0.39 is 11.4 Å². The molecule has 1 N–H and O–H groups in total. The van der Waals surface area contributed by atoms with Crippen molar-refractivity contribution in [3.63, 3.8) is 0 Å². The molecule has 0 saturated carbocycles. The first kappa shape index (κ1) is 13.3. The van der Waals surface area contributed by atoms with Gasteiger partial charge in [0.2, 0.25) is 0 Å². The van der Waals surface area contributed by atoms with Crippen molar-refractivity contribution in [2.45, 2.75) is 19.3 Å². The summed E-state index contributed by atoms with van der Waals surface area (Å²) in [5, 5.41) is 9.35. The van der Waals surface area contributed by atoms with Crippen LogP contribution in [0.4, 0.5) is 4.39 Å². The molecule has 3 heteroatoms. The number of carboxylic acids is 1. The number of carboxylic acid groups (broad SMARTS) is 1. The van der Waals surface area contributed by atoms with Gasteiger partial charge in [-0.3, -0.25) is 4.79 Å². The first-order valence-corrected chi connectivity index (χ1v) is 6.02. The van der Waals surface area contributed by atoms with Crippen LogP contribution in [0.1, 0.15) is 19.4 Å². The molecule has 0 aliphatic carbocycles. The van der Waals surface area contributed by atoms with E-state index in [1.54, 1.807) is 38.1 Å². The summed E-state index contributed by atoms with van der Waals surface area (Å²) in [5.74, 6) is -1.24. The molecule has 2 nitrogen and oxygen atoms in total. The first-order valence-electron chi connectivity index (χ1n) is 6.02. The molecule has 0 aliphatic rings. The van der Waals surface area contributed by atoms with E-state index in [2.05, 4.69) is 0 Å². The third-order valence-electron chi connectivity index (χ3n) is 3.27. The van der Waals surface area contributed by atoms with Crippen molar-refractivity contribution in [2.75, 3.05) is 0 Å². The molecule has 2 rings (SSSR count). The molecule has 0 aromatic heterocycles. The number of benzene rings is 2. The largest absolute Gasteiger partial charge is 0.481 e. The van der Waals surface area contributed by atoms with Crippen molar-refractivity contribution in [2.24, 2.45) is 0 Å². The minimum Gasteiger partial charge on any atom is -0.481 e. The Labute approximate surface area is 111 Å². The number of rotatable bonds is 3. The van der Waals surface area contributed by atoms with Crippen LogP contribution >= 0.6 is 0 Å². The van der Waals surface area contributed by atoms with Gasteiger partial charge in [-0.25, -0.2) is 4.39 Å². The van der Waals surface area contributed by atoms with Crippen molar-refractivity contribution >= 4 is 5.97 Å². The van der Waals surface area contributed by atoms with Gasteiger partial charge in [0.05, 0.1) is 5.41 Å². The SMILES string of the molecule is CC(C)(C(=O)O)c1ccccc1-c1cccc(F)c1. The van der Waals surface area contributed by atoms with Gasteiger partial charge in [0.25, 0.3) is 0 Å².